The van der Waals surface area contributed by atoms with Crippen LogP contribution in [0.4, 0.5) is 4.39 Å². The van der Waals surface area contributed by atoms with Crippen molar-refractivity contribution in [3.05, 3.63) is 77.9 Å². The Morgan fingerprint density at radius 1 is 1.24 bits per heavy atom. The third-order valence-electron chi connectivity index (χ3n) is 5.36. The summed E-state index contributed by atoms with van der Waals surface area (Å²) < 4.78 is 20.1. The van der Waals surface area contributed by atoms with Gasteiger partial charge in [0, 0.05) is 36.3 Å². The highest BCUT2D eigenvalue weighted by atomic mass is 19.1. The highest BCUT2D eigenvalue weighted by Gasteiger charge is 2.27. The number of rotatable bonds is 6. The van der Waals surface area contributed by atoms with Gasteiger partial charge in [0.15, 0.2) is 5.78 Å². The molecule has 0 saturated carbocycles. The molecule has 1 aromatic heterocycles. The van der Waals surface area contributed by atoms with Crippen LogP contribution in [0.2, 0.25) is 0 Å². The van der Waals surface area contributed by atoms with E-state index in [0.29, 0.717) is 11.3 Å². The lowest BCUT2D eigenvalue weighted by Gasteiger charge is -2.31. The van der Waals surface area contributed by atoms with Gasteiger partial charge in [-0.2, -0.15) is 5.10 Å². The molecule has 0 amide bonds. The van der Waals surface area contributed by atoms with Crippen molar-refractivity contribution in [2.45, 2.75) is 19.4 Å². The first-order valence-corrected chi connectivity index (χ1v) is 9.82. The van der Waals surface area contributed by atoms with Crippen LogP contribution in [0.25, 0.3) is 5.69 Å². The molecule has 0 aliphatic carbocycles. The maximum absolute atomic E-state index is 13.1. The quantitative estimate of drug-likeness (QED) is 0.591. The summed E-state index contributed by atoms with van der Waals surface area (Å²) >= 11 is 0. The molecule has 0 spiro atoms. The summed E-state index contributed by atoms with van der Waals surface area (Å²) in [5, 5.41) is 4.39. The van der Waals surface area contributed by atoms with Gasteiger partial charge in [-0.15, -0.1) is 0 Å². The maximum atomic E-state index is 13.1. The molecule has 5 nitrogen and oxygen atoms in total. The minimum absolute atomic E-state index is 0.0111. The molecule has 0 radical (unpaired) electrons. The molecule has 0 N–H and O–H groups in total. The lowest BCUT2D eigenvalue weighted by atomic mass is 9.90. The number of carbonyl (C=O) groups excluding carboxylic acids is 1. The van der Waals surface area contributed by atoms with E-state index >= 15 is 0 Å². The van der Waals surface area contributed by atoms with E-state index in [2.05, 4.69) is 10.00 Å². The van der Waals surface area contributed by atoms with Crippen molar-refractivity contribution in [3.63, 3.8) is 0 Å². The van der Waals surface area contributed by atoms with Crippen molar-refractivity contribution in [1.29, 1.82) is 0 Å². The van der Waals surface area contributed by atoms with Gasteiger partial charge in [-0.3, -0.25) is 9.69 Å². The Hall–Kier alpha value is -2.99. The molecule has 150 valence electrons. The van der Waals surface area contributed by atoms with Crippen LogP contribution in [0.1, 0.15) is 28.8 Å². The molecule has 1 atom stereocenters. The molecule has 2 heterocycles. The summed E-state index contributed by atoms with van der Waals surface area (Å²) in [6, 6.07) is 13.6. The molecule has 6 heteroatoms. The zero-order valence-corrected chi connectivity index (χ0v) is 16.4. The minimum atomic E-state index is -0.263. The number of carbonyl (C=O) groups is 1. The number of ketones is 1. The van der Waals surface area contributed by atoms with Gasteiger partial charge in [-0.25, -0.2) is 9.07 Å². The first-order valence-electron chi connectivity index (χ1n) is 9.82. The van der Waals surface area contributed by atoms with E-state index in [0.717, 1.165) is 43.7 Å². The van der Waals surface area contributed by atoms with Crippen LogP contribution in [0, 0.1) is 11.7 Å². The zero-order chi connectivity index (χ0) is 20.2. The average Bonchev–Trinajstić information content (AvgIpc) is 3.22. The molecule has 0 bridgehead atoms. The summed E-state index contributed by atoms with van der Waals surface area (Å²) in [6.07, 6.45) is 5.69. The number of hydrogen-bond donors (Lipinski definition) is 0. The maximum Gasteiger partial charge on any atom is 0.167 e. The normalized spacial score (nSPS) is 17.2. The Morgan fingerprint density at radius 2 is 2.07 bits per heavy atom. The van der Waals surface area contributed by atoms with Gasteiger partial charge in [-0.05, 0) is 55.8 Å². The summed E-state index contributed by atoms with van der Waals surface area (Å²) in [6.45, 7) is 2.43. The predicted octanol–water partition coefficient (Wildman–Crippen LogP) is 4.11. The smallest absolute Gasteiger partial charge is 0.167 e. The molecule has 1 fully saturated rings. The fourth-order valence-corrected chi connectivity index (χ4v) is 3.86. The molecule has 1 saturated heterocycles. The van der Waals surface area contributed by atoms with Gasteiger partial charge in [-0.1, -0.05) is 12.1 Å². The van der Waals surface area contributed by atoms with Crippen LogP contribution < -0.4 is 4.74 Å². The summed E-state index contributed by atoms with van der Waals surface area (Å²) in [5.41, 5.74) is 2.60. The SMILES string of the molecule is COc1cccc(C(=O)[C@H]2CCCN(Cc3cnn(-c4ccc(F)cc4)c3)C2)c1. The van der Waals surface area contributed by atoms with Crippen LogP contribution >= 0.6 is 0 Å². The van der Waals surface area contributed by atoms with E-state index in [1.54, 1.807) is 23.9 Å². The Morgan fingerprint density at radius 3 is 2.86 bits per heavy atom. The second-order valence-corrected chi connectivity index (χ2v) is 7.44. The number of piperidine rings is 1. The Kier molecular flexibility index (Phi) is 5.71. The first kappa shape index (κ1) is 19.3. The standard InChI is InChI=1S/C23H24FN3O2/c1-29-22-6-2-4-18(12-22)23(28)19-5-3-11-26(16-19)14-17-13-25-27(15-17)21-9-7-20(24)8-10-21/h2,4,6-10,12-13,15,19H,3,5,11,14,16H2,1H3/t19-/m0/s1. The highest BCUT2D eigenvalue weighted by Crippen LogP contribution is 2.24. The molecule has 1 aliphatic heterocycles. The Bertz CT molecular complexity index is 984. The van der Waals surface area contributed by atoms with Gasteiger partial charge in [0.25, 0.3) is 0 Å². The first-order chi connectivity index (χ1) is 14.1. The minimum Gasteiger partial charge on any atom is -0.497 e. The fourth-order valence-electron chi connectivity index (χ4n) is 3.86. The molecular formula is C23H24FN3O2. The molecule has 1 aliphatic rings. The van der Waals surface area contributed by atoms with Crippen LogP contribution in [-0.4, -0.2) is 40.7 Å². The van der Waals surface area contributed by atoms with Gasteiger partial charge in [0.1, 0.15) is 11.6 Å². The number of halogens is 1. The summed E-state index contributed by atoms with van der Waals surface area (Å²) in [4.78, 5) is 15.3. The van der Waals surface area contributed by atoms with Crippen molar-refractivity contribution < 1.29 is 13.9 Å². The number of hydrogen-bond acceptors (Lipinski definition) is 4. The van der Waals surface area contributed by atoms with E-state index in [1.165, 1.54) is 12.1 Å². The third-order valence-corrected chi connectivity index (χ3v) is 5.36. The number of nitrogens with zero attached hydrogens (tertiary/aromatic N) is 3. The van der Waals surface area contributed by atoms with Crippen LogP contribution in [0.3, 0.4) is 0 Å². The van der Waals surface area contributed by atoms with E-state index in [4.69, 9.17) is 4.74 Å². The van der Waals surface area contributed by atoms with Crippen LogP contribution in [0.15, 0.2) is 60.9 Å². The number of benzene rings is 2. The van der Waals surface area contributed by atoms with Crippen LogP contribution in [-0.2, 0) is 6.54 Å². The summed E-state index contributed by atoms with van der Waals surface area (Å²) in [7, 11) is 1.61. The van der Waals surface area contributed by atoms with Crippen molar-refractivity contribution in [1.82, 2.24) is 14.7 Å². The largest absolute Gasteiger partial charge is 0.497 e. The van der Waals surface area contributed by atoms with Gasteiger partial charge < -0.3 is 4.74 Å². The second-order valence-electron chi connectivity index (χ2n) is 7.44. The van der Waals surface area contributed by atoms with Crippen molar-refractivity contribution in [2.75, 3.05) is 20.2 Å². The predicted molar refractivity (Wildman–Crippen MR) is 109 cm³/mol. The fraction of sp³-hybridized carbons (Fsp3) is 0.304. The number of ether oxygens (including phenoxy) is 1. The zero-order valence-electron chi connectivity index (χ0n) is 16.4. The number of methoxy groups -OCH3 is 1. The lowest BCUT2D eigenvalue weighted by molar-refractivity contribution is 0.0811. The highest BCUT2D eigenvalue weighted by molar-refractivity contribution is 5.98. The second kappa shape index (κ2) is 8.57. The molecular weight excluding hydrogens is 369 g/mol. The average molecular weight is 393 g/mol. The molecule has 3 aromatic rings. The summed E-state index contributed by atoms with van der Waals surface area (Å²) in [5.74, 6) is 0.608. The van der Waals surface area contributed by atoms with Gasteiger partial charge >= 0.3 is 0 Å². The van der Waals surface area contributed by atoms with E-state index in [-0.39, 0.29) is 17.5 Å². The van der Waals surface area contributed by atoms with Crippen molar-refractivity contribution in [3.8, 4) is 11.4 Å². The number of aromatic nitrogens is 2. The number of likely N-dealkylation sites (tertiary alicyclic amines) is 1. The third kappa shape index (κ3) is 4.54. The Labute approximate surface area is 169 Å². The van der Waals surface area contributed by atoms with Crippen molar-refractivity contribution >= 4 is 5.78 Å². The topological polar surface area (TPSA) is 47.4 Å². The van der Waals surface area contributed by atoms with Gasteiger partial charge in [0.2, 0.25) is 0 Å². The molecule has 29 heavy (non-hydrogen) atoms. The lowest BCUT2D eigenvalue weighted by Crippen LogP contribution is -2.38. The number of Topliss-reactive ketones (excluding diaryl/α,β-unsaturated/α-hetero) is 1. The van der Waals surface area contributed by atoms with Gasteiger partial charge in [0.05, 0.1) is 19.0 Å². The monoisotopic (exact) mass is 393 g/mol. The van der Waals surface area contributed by atoms with E-state index < -0.39 is 0 Å². The van der Waals surface area contributed by atoms with E-state index in [1.807, 2.05) is 36.7 Å². The van der Waals surface area contributed by atoms with Crippen LogP contribution in [0.5, 0.6) is 5.75 Å². The van der Waals surface area contributed by atoms with Crippen molar-refractivity contribution in [2.24, 2.45) is 5.92 Å². The molecule has 2 aromatic carbocycles. The molecule has 4 rings (SSSR count). The Balaban J connectivity index is 1.41. The molecule has 0 unspecified atom stereocenters. The van der Waals surface area contributed by atoms with E-state index in [9.17, 15) is 9.18 Å².